The highest BCUT2D eigenvalue weighted by Gasteiger charge is 2.12. The molecular formula is C17H16N6OS. The lowest BCUT2D eigenvalue weighted by atomic mass is 10.2. The van der Waals surface area contributed by atoms with Crippen LogP contribution in [0.1, 0.15) is 11.3 Å². The van der Waals surface area contributed by atoms with Crippen molar-refractivity contribution < 1.29 is 4.42 Å². The maximum atomic E-state index is 6.19. The van der Waals surface area contributed by atoms with Crippen LogP contribution in [0.5, 0.6) is 0 Å². The Morgan fingerprint density at radius 1 is 1.16 bits per heavy atom. The van der Waals surface area contributed by atoms with Crippen molar-refractivity contribution in [2.45, 2.75) is 13.5 Å². The Labute approximate surface area is 147 Å². The van der Waals surface area contributed by atoms with Crippen molar-refractivity contribution in [3.05, 3.63) is 54.2 Å². The molecule has 8 heteroatoms. The summed E-state index contributed by atoms with van der Waals surface area (Å²) in [6, 6.07) is 9.83. The molecule has 0 saturated carbocycles. The molecule has 0 unspecified atom stereocenters. The van der Waals surface area contributed by atoms with Crippen LogP contribution in [0, 0.1) is 6.92 Å². The van der Waals surface area contributed by atoms with Crippen molar-refractivity contribution in [1.29, 1.82) is 0 Å². The number of aryl methyl sites for hydroxylation is 1. The molecule has 4 N–H and O–H groups in total. The first kappa shape index (κ1) is 15.4. The van der Waals surface area contributed by atoms with Gasteiger partial charge in [0.25, 0.3) is 0 Å². The molecule has 3 aromatic heterocycles. The second-order valence-electron chi connectivity index (χ2n) is 5.48. The summed E-state index contributed by atoms with van der Waals surface area (Å²) in [5, 5.41) is 7.08. The minimum absolute atomic E-state index is 0.435. The van der Waals surface area contributed by atoms with Gasteiger partial charge in [0.1, 0.15) is 17.8 Å². The number of nitrogen functional groups attached to an aromatic ring is 1. The number of aromatic nitrogens is 3. The third-order valence-electron chi connectivity index (χ3n) is 3.74. The molecule has 0 fully saturated rings. The molecule has 0 aliphatic heterocycles. The first-order valence-corrected chi connectivity index (χ1v) is 8.52. The van der Waals surface area contributed by atoms with Crippen LogP contribution in [0.25, 0.3) is 10.2 Å². The highest BCUT2D eigenvalue weighted by molar-refractivity contribution is 7.22. The summed E-state index contributed by atoms with van der Waals surface area (Å²) in [4.78, 5) is 13.0. The zero-order valence-electron chi connectivity index (χ0n) is 13.5. The van der Waals surface area contributed by atoms with E-state index in [1.807, 2.05) is 37.3 Å². The minimum Gasteiger partial charge on any atom is -0.467 e. The average molecular weight is 352 g/mol. The van der Waals surface area contributed by atoms with Crippen molar-refractivity contribution >= 4 is 44.0 Å². The van der Waals surface area contributed by atoms with Gasteiger partial charge in [0.2, 0.25) is 0 Å². The topological polar surface area (TPSA) is 102 Å². The van der Waals surface area contributed by atoms with E-state index in [2.05, 4.69) is 25.6 Å². The number of nitrogens with zero attached hydrogens (tertiary/aromatic N) is 3. The standard InChI is InChI=1S/C17H16N6OS/c1-10-4-2-6-12-14(10)22-17(25-12)23-16-13(18)15(20-9-21-16)19-8-11-5-3-7-24-11/h2-7,9H,8,18H2,1H3,(H2,19,20,21,22,23). The summed E-state index contributed by atoms with van der Waals surface area (Å²) in [5.74, 6) is 1.87. The molecule has 0 saturated heterocycles. The van der Waals surface area contributed by atoms with Gasteiger partial charge in [-0.15, -0.1) is 0 Å². The molecule has 4 aromatic rings. The zero-order chi connectivity index (χ0) is 17.2. The molecular weight excluding hydrogens is 336 g/mol. The van der Waals surface area contributed by atoms with Crippen LogP contribution in [0.15, 0.2) is 47.3 Å². The molecule has 0 atom stereocenters. The number of rotatable bonds is 5. The van der Waals surface area contributed by atoms with Crippen LogP contribution in [-0.2, 0) is 6.54 Å². The van der Waals surface area contributed by atoms with Crippen molar-refractivity contribution in [2.75, 3.05) is 16.4 Å². The smallest absolute Gasteiger partial charge is 0.189 e. The minimum atomic E-state index is 0.435. The Balaban J connectivity index is 1.57. The van der Waals surface area contributed by atoms with Crippen molar-refractivity contribution in [1.82, 2.24) is 15.0 Å². The predicted octanol–water partition coefficient (Wildman–Crippen LogP) is 3.93. The van der Waals surface area contributed by atoms with Gasteiger partial charge >= 0.3 is 0 Å². The molecule has 126 valence electrons. The van der Waals surface area contributed by atoms with Gasteiger partial charge in [-0.1, -0.05) is 23.5 Å². The molecule has 0 aliphatic rings. The molecule has 0 radical (unpaired) electrons. The van der Waals surface area contributed by atoms with E-state index in [1.54, 1.807) is 17.6 Å². The van der Waals surface area contributed by atoms with E-state index in [9.17, 15) is 0 Å². The lowest BCUT2D eigenvalue weighted by Gasteiger charge is -2.10. The summed E-state index contributed by atoms with van der Waals surface area (Å²) < 4.78 is 6.41. The number of hydrogen-bond acceptors (Lipinski definition) is 8. The van der Waals surface area contributed by atoms with E-state index in [1.165, 1.54) is 6.33 Å². The predicted molar refractivity (Wildman–Crippen MR) is 100 cm³/mol. The highest BCUT2D eigenvalue weighted by atomic mass is 32.1. The van der Waals surface area contributed by atoms with Gasteiger partial charge in [0, 0.05) is 0 Å². The number of fused-ring (bicyclic) bond motifs is 1. The summed E-state index contributed by atoms with van der Waals surface area (Å²) in [5.41, 5.74) is 8.75. The summed E-state index contributed by atoms with van der Waals surface area (Å²) >= 11 is 1.56. The first-order chi connectivity index (χ1) is 12.2. The van der Waals surface area contributed by atoms with Gasteiger partial charge < -0.3 is 20.8 Å². The fraction of sp³-hybridized carbons (Fsp3) is 0.118. The lowest BCUT2D eigenvalue weighted by molar-refractivity contribution is 0.518. The van der Waals surface area contributed by atoms with Crippen LogP contribution in [-0.4, -0.2) is 15.0 Å². The van der Waals surface area contributed by atoms with Gasteiger partial charge in [0.15, 0.2) is 16.8 Å². The Hall–Kier alpha value is -3.13. The number of nitrogens with two attached hydrogens (primary N) is 1. The summed E-state index contributed by atoms with van der Waals surface area (Å²) in [6.45, 7) is 2.54. The van der Waals surface area contributed by atoms with Gasteiger partial charge in [0.05, 0.1) is 23.0 Å². The molecule has 3 heterocycles. The maximum Gasteiger partial charge on any atom is 0.189 e. The summed E-state index contributed by atoms with van der Waals surface area (Å²) in [7, 11) is 0. The SMILES string of the molecule is Cc1cccc2sc(Nc3ncnc(NCc4ccco4)c3N)nc12. The number of anilines is 4. The van der Waals surface area contributed by atoms with E-state index in [0.29, 0.717) is 23.9 Å². The van der Waals surface area contributed by atoms with Crippen LogP contribution in [0.2, 0.25) is 0 Å². The molecule has 7 nitrogen and oxygen atoms in total. The Morgan fingerprint density at radius 2 is 2.04 bits per heavy atom. The van der Waals surface area contributed by atoms with E-state index in [-0.39, 0.29) is 0 Å². The van der Waals surface area contributed by atoms with E-state index >= 15 is 0 Å². The van der Waals surface area contributed by atoms with E-state index in [0.717, 1.165) is 26.7 Å². The largest absolute Gasteiger partial charge is 0.467 e. The van der Waals surface area contributed by atoms with Crippen LogP contribution in [0.3, 0.4) is 0 Å². The Kier molecular flexibility index (Phi) is 3.95. The first-order valence-electron chi connectivity index (χ1n) is 7.70. The second kappa shape index (κ2) is 6.40. The zero-order valence-corrected chi connectivity index (χ0v) is 14.3. The fourth-order valence-electron chi connectivity index (χ4n) is 2.46. The third-order valence-corrected chi connectivity index (χ3v) is 4.68. The van der Waals surface area contributed by atoms with Crippen molar-refractivity contribution in [2.24, 2.45) is 0 Å². The molecule has 0 amide bonds. The molecule has 0 spiro atoms. The van der Waals surface area contributed by atoms with E-state index < -0.39 is 0 Å². The van der Waals surface area contributed by atoms with Gasteiger partial charge in [-0.05, 0) is 30.7 Å². The number of furan rings is 1. The Morgan fingerprint density at radius 3 is 2.84 bits per heavy atom. The lowest BCUT2D eigenvalue weighted by Crippen LogP contribution is -2.07. The van der Waals surface area contributed by atoms with Crippen molar-refractivity contribution in [3.8, 4) is 0 Å². The number of nitrogens with one attached hydrogen (secondary N) is 2. The number of hydrogen-bond donors (Lipinski definition) is 3. The molecule has 25 heavy (non-hydrogen) atoms. The monoisotopic (exact) mass is 352 g/mol. The van der Waals surface area contributed by atoms with Crippen LogP contribution >= 0.6 is 11.3 Å². The fourth-order valence-corrected chi connectivity index (χ4v) is 3.40. The Bertz CT molecular complexity index is 1010. The highest BCUT2D eigenvalue weighted by Crippen LogP contribution is 2.32. The van der Waals surface area contributed by atoms with E-state index in [4.69, 9.17) is 10.2 Å². The molecule has 1 aromatic carbocycles. The third kappa shape index (κ3) is 3.11. The number of benzene rings is 1. The van der Waals surface area contributed by atoms with Crippen molar-refractivity contribution in [3.63, 3.8) is 0 Å². The van der Waals surface area contributed by atoms with Gasteiger partial charge in [-0.3, -0.25) is 0 Å². The van der Waals surface area contributed by atoms with Crippen LogP contribution in [0.4, 0.5) is 22.5 Å². The summed E-state index contributed by atoms with van der Waals surface area (Å²) in [6.07, 6.45) is 3.09. The number of para-hydroxylation sites is 1. The maximum absolute atomic E-state index is 6.19. The number of thiazole rings is 1. The van der Waals surface area contributed by atoms with Gasteiger partial charge in [-0.25, -0.2) is 15.0 Å². The normalized spacial score (nSPS) is 10.9. The quantitative estimate of drug-likeness (QED) is 0.500. The van der Waals surface area contributed by atoms with Crippen LogP contribution < -0.4 is 16.4 Å². The molecule has 0 bridgehead atoms. The second-order valence-corrected chi connectivity index (χ2v) is 6.51. The molecule has 0 aliphatic carbocycles. The molecule has 4 rings (SSSR count). The van der Waals surface area contributed by atoms with Gasteiger partial charge in [-0.2, -0.15) is 0 Å². The average Bonchev–Trinajstić information content (AvgIpc) is 3.25.